The fourth-order valence-corrected chi connectivity index (χ4v) is 5.20. The molecular formula is C22H26N2O9. The highest BCUT2D eigenvalue weighted by molar-refractivity contribution is 6.23. The van der Waals surface area contributed by atoms with Gasteiger partial charge in [-0.15, -0.1) is 0 Å². The van der Waals surface area contributed by atoms with Crippen LogP contribution in [-0.2, 0) is 14.4 Å². The molecule has 1 aromatic rings. The first-order valence-electron chi connectivity index (χ1n) is 10.1. The Labute approximate surface area is 188 Å². The Hall–Kier alpha value is -3.25. The number of hydrogen-bond acceptors (Lipinski definition) is 9. The summed E-state index contributed by atoms with van der Waals surface area (Å²) in [5.41, 5.74) is -1.19. The number of amides is 1. The number of nitrogens with zero attached hydrogens (tertiary/aromatic N) is 1. The van der Waals surface area contributed by atoms with Crippen LogP contribution in [0.5, 0.6) is 5.75 Å². The fourth-order valence-electron chi connectivity index (χ4n) is 5.20. The first kappa shape index (κ1) is 24.4. The SMILES string of the molecule is CC1c2cccc(O)c2C(O)=C2C(=O)C3(O)C(O)=C(C(=O)NN(C)C)C(=O)CC3C(O)C21.O. The average molecular weight is 462 g/mol. The minimum absolute atomic E-state index is 0. The van der Waals surface area contributed by atoms with Crippen LogP contribution in [-0.4, -0.2) is 79.3 Å². The molecule has 0 heterocycles. The molecule has 3 aliphatic rings. The van der Waals surface area contributed by atoms with E-state index in [0.717, 1.165) is 0 Å². The molecule has 1 fully saturated rings. The molecule has 5 atom stereocenters. The highest BCUT2D eigenvalue weighted by Gasteiger charge is 2.65. The van der Waals surface area contributed by atoms with E-state index in [-0.39, 0.29) is 22.4 Å². The number of carbonyl (C=O) groups excluding carboxylic acids is 3. The molecule has 33 heavy (non-hydrogen) atoms. The van der Waals surface area contributed by atoms with Gasteiger partial charge in [-0.2, -0.15) is 0 Å². The Balaban J connectivity index is 0.00000306. The molecule has 5 unspecified atom stereocenters. The predicted molar refractivity (Wildman–Crippen MR) is 114 cm³/mol. The fraction of sp³-hybridized carbons (Fsp3) is 0.409. The number of nitrogens with one attached hydrogen (secondary N) is 1. The molecule has 178 valence electrons. The predicted octanol–water partition coefficient (Wildman–Crippen LogP) is -0.761. The lowest BCUT2D eigenvalue weighted by Gasteiger charge is -2.50. The maximum absolute atomic E-state index is 13.5. The maximum Gasteiger partial charge on any atom is 0.272 e. The number of hydrazine groups is 1. The number of ketones is 2. The van der Waals surface area contributed by atoms with Crippen LogP contribution in [0.3, 0.4) is 0 Å². The second-order valence-corrected chi connectivity index (χ2v) is 8.70. The van der Waals surface area contributed by atoms with E-state index in [4.69, 9.17) is 0 Å². The quantitative estimate of drug-likeness (QED) is 0.241. The molecule has 1 saturated carbocycles. The molecule has 0 saturated heterocycles. The molecule has 0 spiro atoms. The molecule has 0 radical (unpaired) electrons. The second-order valence-electron chi connectivity index (χ2n) is 8.70. The maximum atomic E-state index is 13.5. The topological polar surface area (TPSA) is 199 Å². The van der Waals surface area contributed by atoms with E-state index >= 15 is 0 Å². The van der Waals surface area contributed by atoms with E-state index in [1.165, 1.54) is 25.2 Å². The van der Waals surface area contributed by atoms with Gasteiger partial charge in [-0.1, -0.05) is 19.1 Å². The number of aliphatic hydroxyl groups is 4. The number of Topliss-reactive ketones (excluding diaryl/α,β-unsaturated/α-hetero) is 2. The molecule has 0 aromatic heterocycles. The number of aliphatic hydroxyl groups excluding tert-OH is 3. The van der Waals surface area contributed by atoms with Gasteiger partial charge >= 0.3 is 0 Å². The van der Waals surface area contributed by atoms with Crippen molar-refractivity contribution in [1.29, 1.82) is 0 Å². The van der Waals surface area contributed by atoms with E-state index in [0.29, 0.717) is 5.56 Å². The van der Waals surface area contributed by atoms with Gasteiger partial charge in [-0.25, -0.2) is 5.01 Å². The number of carbonyl (C=O) groups is 3. The van der Waals surface area contributed by atoms with Crippen LogP contribution in [0, 0.1) is 11.8 Å². The molecule has 3 aliphatic carbocycles. The summed E-state index contributed by atoms with van der Waals surface area (Å²) in [7, 11) is 2.94. The van der Waals surface area contributed by atoms with Crippen molar-refractivity contribution < 1.29 is 45.4 Å². The lowest BCUT2D eigenvalue weighted by Crippen LogP contribution is -2.64. The van der Waals surface area contributed by atoms with Crippen molar-refractivity contribution in [3.05, 3.63) is 46.2 Å². The van der Waals surface area contributed by atoms with Gasteiger partial charge in [-0.05, 0) is 17.5 Å². The Morgan fingerprint density at radius 3 is 2.42 bits per heavy atom. The zero-order chi connectivity index (χ0) is 23.7. The minimum Gasteiger partial charge on any atom is -0.508 e. The minimum atomic E-state index is -2.80. The highest BCUT2D eigenvalue weighted by Crippen LogP contribution is 2.55. The third kappa shape index (κ3) is 3.16. The molecule has 8 N–H and O–H groups in total. The summed E-state index contributed by atoms with van der Waals surface area (Å²) in [4.78, 5) is 38.7. The van der Waals surface area contributed by atoms with Crippen LogP contribution in [0.15, 0.2) is 35.1 Å². The Morgan fingerprint density at radius 2 is 1.82 bits per heavy atom. The molecule has 0 aliphatic heterocycles. The molecule has 4 rings (SSSR count). The number of hydrogen-bond donors (Lipinski definition) is 6. The van der Waals surface area contributed by atoms with Crippen molar-refractivity contribution in [2.45, 2.75) is 31.0 Å². The van der Waals surface area contributed by atoms with Crippen LogP contribution in [0.2, 0.25) is 0 Å². The zero-order valence-electron chi connectivity index (χ0n) is 18.2. The van der Waals surface area contributed by atoms with Gasteiger partial charge in [0.25, 0.3) is 5.91 Å². The average Bonchev–Trinajstić information content (AvgIpc) is 2.70. The monoisotopic (exact) mass is 462 g/mol. The van der Waals surface area contributed by atoms with Crippen LogP contribution in [0.1, 0.15) is 30.4 Å². The van der Waals surface area contributed by atoms with Crippen LogP contribution >= 0.6 is 0 Å². The van der Waals surface area contributed by atoms with Crippen molar-refractivity contribution in [2.24, 2.45) is 11.8 Å². The number of rotatable bonds is 2. The van der Waals surface area contributed by atoms with Gasteiger partial charge in [0.2, 0.25) is 5.78 Å². The number of aromatic hydroxyl groups is 1. The molecule has 0 bridgehead atoms. The largest absolute Gasteiger partial charge is 0.508 e. The Bertz CT molecular complexity index is 1120. The summed E-state index contributed by atoms with van der Waals surface area (Å²) in [5.74, 6) is -8.06. The van der Waals surface area contributed by atoms with Crippen LogP contribution in [0.4, 0.5) is 0 Å². The van der Waals surface area contributed by atoms with E-state index in [9.17, 15) is 39.9 Å². The first-order valence-corrected chi connectivity index (χ1v) is 10.1. The summed E-state index contributed by atoms with van der Waals surface area (Å²) >= 11 is 0. The summed E-state index contributed by atoms with van der Waals surface area (Å²) in [6.45, 7) is 1.69. The Kier molecular flexibility index (Phi) is 5.88. The van der Waals surface area contributed by atoms with Gasteiger partial charge in [0.15, 0.2) is 11.4 Å². The lowest BCUT2D eigenvalue weighted by molar-refractivity contribution is -0.161. The third-order valence-electron chi connectivity index (χ3n) is 6.67. The van der Waals surface area contributed by atoms with E-state index in [1.54, 1.807) is 19.1 Å². The van der Waals surface area contributed by atoms with Gasteiger partial charge in [0, 0.05) is 37.9 Å². The summed E-state index contributed by atoms with van der Waals surface area (Å²) in [6.07, 6.45) is -2.07. The van der Waals surface area contributed by atoms with Crippen molar-refractivity contribution in [1.82, 2.24) is 10.4 Å². The standard InChI is InChI=1S/C22H24N2O8.H2O/c1-8-9-5-4-6-11(25)14(9)18(28)16-13(8)17(27)10-7-12(26)15(21(31)23-24(2)3)19(29)22(10,32)20(16)30;/h4-6,8,10,13,17,25,27-29,32H,7H2,1-3H3,(H,23,31);1H2. The van der Waals surface area contributed by atoms with Crippen molar-refractivity contribution >= 4 is 23.2 Å². The third-order valence-corrected chi connectivity index (χ3v) is 6.67. The van der Waals surface area contributed by atoms with Gasteiger partial charge in [0.1, 0.15) is 22.8 Å². The van der Waals surface area contributed by atoms with Crippen LogP contribution in [0.25, 0.3) is 5.76 Å². The lowest BCUT2D eigenvalue weighted by atomic mass is 9.55. The van der Waals surface area contributed by atoms with E-state index in [2.05, 4.69) is 5.43 Å². The number of phenolic OH excluding ortho intramolecular Hbond substituents is 1. The van der Waals surface area contributed by atoms with Gasteiger partial charge in [-0.3, -0.25) is 19.8 Å². The number of fused-ring (bicyclic) bond motifs is 3. The normalized spacial score (nSPS) is 31.0. The van der Waals surface area contributed by atoms with Crippen molar-refractivity contribution in [3.63, 3.8) is 0 Å². The number of benzene rings is 1. The highest BCUT2D eigenvalue weighted by atomic mass is 16.4. The zero-order valence-corrected chi connectivity index (χ0v) is 18.2. The molecule has 11 nitrogen and oxygen atoms in total. The Morgan fingerprint density at radius 1 is 1.18 bits per heavy atom. The van der Waals surface area contributed by atoms with Crippen LogP contribution < -0.4 is 5.43 Å². The van der Waals surface area contributed by atoms with E-state index < -0.39 is 70.4 Å². The number of phenols is 1. The van der Waals surface area contributed by atoms with Gasteiger partial charge < -0.3 is 31.0 Å². The summed E-state index contributed by atoms with van der Waals surface area (Å²) in [6, 6.07) is 4.52. The molecular weight excluding hydrogens is 436 g/mol. The van der Waals surface area contributed by atoms with E-state index in [1.807, 2.05) is 0 Å². The molecule has 1 aromatic carbocycles. The second kappa shape index (κ2) is 7.96. The first-order chi connectivity index (χ1) is 14.9. The molecule has 1 amide bonds. The summed E-state index contributed by atoms with van der Waals surface area (Å²) in [5, 5.41) is 55.7. The van der Waals surface area contributed by atoms with Crippen molar-refractivity contribution in [2.75, 3.05) is 14.1 Å². The van der Waals surface area contributed by atoms with Crippen molar-refractivity contribution in [3.8, 4) is 5.75 Å². The van der Waals surface area contributed by atoms with Gasteiger partial charge in [0.05, 0.1) is 11.7 Å². The molecule has 11 heteroatoms. The smallest absolute Gasteiger partial charge is 0.272 e. The summed E-state index contributed by atoms with van der Waals surface area (Å²) < 4.78 is 0.